The number of hydrogen-bond donors (Lipinski definition) is 1. The van der Waals surface area contributed by atoms with Crippen LogP contribution in [0.25, 0.3) is 11.4 Å². The van der Waals surface area contributed by atoms with Crippen molar-refractivity contribution in [1.82, 2.24) is 24.8 Å². The Morgan fingerprint density at radius 2 is 1.85 bits per heavy atom. The fraction of sp³-hybridized carbons (Fsp3) is 0.500. The van der Waals surface area contributed by atoms with Gasteiger partial charge in [-0.25, -0.2) is 14.4 Å². The number of likely N-dealkylation sites (tertiary alicyclic amines) is 1. The minimum atomic E-state index is -1.44. The van der Waals surface area contributed by atoms with Crippen LogP contribution in [0.15, 0.2) is 48.8 Å². The number of amides is 1. The fourth-order valence-electron chi connectivity index (χ4n) is 6.41. The van der Waals surface area contributed by atoms with Crippen molar-refractivity contribution in [3.63, 3.8) is 0 Å². The van der Waals surface area contributed by atoms with Gasteiger partial charge < -0.3 is 34.1 Å². The summed E-state index contributed by atoms with van der Waals surface area (Å²) in [7, 11) is 0. The summed E-state index contributed by atoms with van der Waals surface area (Å²) in [5, 5.41) is 13.1. The Labute approximate surface area is 278 Å². The van der Waals surface area contributed by atoms with Crippen molar-refractivity contribution >= 4 is 23.2 Å². The molecule has 4 fully saturated rings. The molecule has 48 heavy (non-hydrogen) atoms. The van der Waals surface area contributed by atoms with Crippen LogP contribution in [0, 0.1) is 11.3 Å². The molecule has 5 heterocycles. The summed E-state index contributed by atoms with van der Waals surface area (Å²) in [6.07, 6.45) is -1.32. The first kappa shape index (κ1) is 32.1. The van der Waals surface area contributed by atoms with Crippen molar-refractivity contribution in [3.8, 4) is 23.2 Å². The van der Waals surface area contributed by atoms with Gasteiger partial charge in [-0.2, -0.15) is 10.2 Å². The van der Waals surface area contributed by atoms with E-state index in [4.69, 9.17) is 18.9 Å². The Balaban J connectivity index is 0.951. The summed E-state index contributed by atoms with van der Waals surface area (Å²) >= 11 is 0. The SMILES string of the molecule is CC1(C)OCC(C(=O)N2CC[C@H](Oc3ccc(-c4ncnc(Nc5ccc(N6CCN(C7COC7)CC6)cc5)n4)cc3C#N)[C@@H](F)C2)O1. The van der Waals surface area contributed by atoms with Gasteiger partial charge in [0.2, 0.25) is 5.95 Å². The van der Waals surface area contributed by atoms with Crippen molar-refractivity contribution < 1.29 is 28.1 Å². The maximum atomic E-state index is 15.2. The van der Waals surface area contributed by atoms with Crippen molar-refractivity contribution in [2.24, 2.45) is 0 Å². The van der Waals surface area contributed by atoms with Gasteiger partial charge in [-0.05, 0) is 56.3 Å². The van der Waals surface area contributed by atoms with E-state index in [2.05, 4.69) is 48.3 Å². The highest BCUT2D eigenvalue weighted by molar-refractivity contribution is 5.81. The molecular weight excluding hydrogens is 619 g/mol. The lowest BCUT2D eigenvalue weighted by molar-refractivity contribution is -0.162. The van der Waals surface area contributed by atoms with E-state index in [1.165, 1.54) is 16.9 Å². The number of hydrogen-bond acceptors (Lipinski definition) is 12. The van der Waals surface area contributed by atoms with Gasteiger partial charge in [0.15, 0.2) is 23.9 Å². The third kappa shape index (κ3) is 7.05. The van der Waals surface area contributed by atoms with Crippen LogP contribution in [0.2, 0.25) is 0 Å². The number of piperidine rings is 1. The number of piperazine rings is 1. The first-order chi connectivity index (χ1) is 23.2. The number of rotatable bonds is 8. The predicted molar refractivity (Wildman–Crippen MR) is 174 cm³/mol. The number of alkyl halides is 1. The highest BCUT2D eigenvalue weighted by Gasteiger charge is 2.42. The number of anilines is 3. The highest BCUT2D eigenvalue weighted by Crippen LogP contribution is 2.30. The topological polar surface area (TPSA) is 138 Å². The molecule has 4 aliphatic rings. The lowest BCUT2D eigenvalue weighted by Gasteiger charge is -2.43. The molecule has 2 aromatic carbocycles. The van der Waals surface area contributed by atoms with Gasteiger partial charge in [0.1, 0.15) is 24.3 Å². The van der Waals surface area contributed by atoms with Gasteiger partial charge in [0.05, 0.1) is 38.0 Å². The van der Waals surface area contributed by atoms with Crippen LogP contribution in [0.3, 0.4) is 0 Å². The van der Waals surface area contributed by atoms with Gasteiger partial charge in [0, 0.05) is 56.1 Å². The first-order valence-corrected chi connectivity index (χ1v) is 16.3. The van der Waals surface area contributed by atoms with E-state index in [0.717, 1.165) is 45.1 Å². The zero-order valence-electron chi connectivity index (χ0n) is 27.0. The number of nitrogens with one attached hydrogen (secondary N) is 1. The van der Waals surface area contributed by atoms with Crippen LogP contribution < -0.4 is 15.0 Å². The largest absolute Gasteiger partial charge is 0.486 e. The first-order valence-electron chi connectivity index (χ1n) is 16.3. The van der Waals surface area contributed by atoms with Gasteiger partial charge in [-0.3, -0.25) is 9.69 Å². The molecule has 1 aromatic heterocycles. The van der Waals surface area contributed by atoms with Crippen LogP contribution in [0.4, 0.5) is 21.7 Å². The Hall–Kier alpha value is -4.42. The van der Waals surface area contributed by atoms with Crippen molar-refractivity contribution in [2.75, 3.05) is 69.3 Å². The number of carbonyl (C=O) groups is 1. The second kappa shape index (κ2) is 13.6. The quantitative estimate of drug-likeness (QED) is 0.381. The molecule has 1 amide bonds. The predicted octanol–water partition coefficient (Wildman–Crippen LogP) is 3.14. The standard InChI is InChI=1S/C34H39FN8O5/c1-34(2)46-20-30(48-34)32(44)43-10-9-29(27(35)17-43)47-28-8-3-22(15-23(28)16-36)31-37-21-38-33(40-31)39-24-4-6-25(7-5-24)41-11-13-42(14-12-41)26-18-45-19-26/h3-8,15,21,26-27,29-30H,9-14,17-20H2,1-2H3,(H,37,38,39,40)/t27-,29-,30?/m0/s1. The van der Waals surface area contributed by atoms with Gasteiger partial charge >= 0.3 is 0 Å². The number of benzene rings is 2. The van der Waals surface area contributed by atoms with Crippen molar-refractivity contribution in [2.45, 2.75) is 50.5 Å². The smallest absolute Gasteiger partial charge is 0.254 e. The highest BCUT2D eigenvalue weighted by atomic mass is 19.1. The minimum absolute atomic E-state index is 0.124. The van der Waals surface area contributed by atoms with Crippen molar-refractivity contribution in [3.05, 3.63) is 54.4 Å². The maximum absolute atomic E-state index is 15.2. The molecule has 0 radical (unpaired) electrons. The third-order valence-corrected chi connectivity index (χ3v) is 9.23. The van der Waals surface area contributed by atoms with E-state index in [-0.39, 0.29) is 36.8 Å². The van der Waals surface area contributed by atoms with E-state index >= 15 is 4.39 Å². The maximum Gasteiger partial charge on any atom is 0.254 e. The van der Waals surface area contributed by atoms with E-state index in [9.17, 15) is 10.1 Å². The molecule has 1 unspecified atom stereocenters. The molecule has 3 aromatic rings. The zero-order chi connectivity index (χ0) is 33.3. The molecule has 4 aliphatic heterocycles. The average molecular weight is 659 g/mol. The Kier molecular flexibility index (Phi) is 9.11. The minimum Gasteiger partial charge on any atom is -0.486 e. The van der Waals surface area contributed by atoms with E-state index in [0.29, 0.717) is 29.9 Å². The van der Waals surface area contributed by atoms with Crippen LogP contribution in [0.5, 0.6) is 5.75 Å². The van der Waals surface area contributed by atoms with Gasteiger partial charge in [-0.1, -0.05) is 0 Å². The number of ether oxygens (including phenoxy) is 4. The molecule has 14 heteroatoms. The lowest BCUT2D eigenvalue weighted by atomic mass is 10.0. The van der Waals surface area contributed by atoms with E-state index in [1.54, 1.807) is 32.0 Å². The zero-order valence-corrected chi connectivity index (χ0v) is 27.0. The summed E-state index contributed by atoms with van der Waals surface area (Å²) in [6.45, 7) is 9.51. The summed E-state index contributed by atoms with van der Waals surface area (Å²) in [5.74, 6) is -0.142. The normalized spacial score (nSPS) is 24.5. The molecule has 3 atom stereocenters. The molecule has 4 saturated heterocycles. The number of nitriles is 1. The van der Waals surface area contributed by atoms with Crippen LogP contribution >= 0.6 is 0 Å². The second-order valence-corrected chi connectivity index (χ2v) is 12.9. The molecule has 7 rings (SSSR count). The number of halogens is 1. The molecule has 0 saturated carbocycles. The molecular formula is C34H39FN8O5. The van der Waals surface area contributed by atoms with Crippen molar-refractivity contribution in [1.29, 1.82) is 5.26 Å². The Bertz CT molecular complexity index is 1660. The molecule has 0 bridgehead atoms. The van der Waals surface area contributed by atoms with Gasteiger partial charge in [0.25, 0.3) is 5.91 Å². The summed E-state index contributed by atoms with van der Waals surface area (Å²) in [6, 6.07) is 15.9. The average Bonchev–Trinajstić information content (AvgIpc) is 3.45. The van der Waals surface area contributed by atoms with Crippen LogP contribution in [-0.4, -0.2) is 120 Å². The summed E-state index contributed by atoms with van der Waals surface area (Å²) in [4.78, 5) is 32.3. The third-order valence-electron chi connectivity index (χ3n) is 9.23. The number of aromatic nitrogens is 3. The molecule has 13 nitrogen and oxygen atoms in total. The molecule has 0 spiro atoms. The van der Waals surface area contributed by atoms with Crippen LogP contribution in [-0.2, 0) is 19.0 Å². The summed E-state index contributed by atoms with van der Waals surface area (Å²) < 4.78 is 37.7. The van der Waals surface area contributed by atoms with Gasteiger partial charge in [-0.15, -0.1) is 0 Å². The molecule has 1 N–H and O–H groups in total. The molecule has 0 aliphatic carbocycles. The monoisotopic (exact) mass is 658 g/mol. The second-order valence-electron chi connectivity index (χ2n) is 12.9. The molecule has 252 valence electrons. The number of nitrogens with zero attached hydrogens (tertiary/aromatic N) is 7. The Morgan fingerprint density at radius 1 is 1.06 bits per heavy atom. The number of carbonyl (C=O) groups excluding carboxylic acids is 1. The lowest BCUT2D eigenvalue weighted by Crippen LogP contribution is -2.56. The van der Waals surface area contributed by atoms with Crippen LogP contribution in [0.1, 0.15) is 25.8 Å². The summed E-state index contributed by atoms with van der Waals surface area (Å²) in [5.41, 5.74) is 2.82. The van der Waals surface area contributed by atoms with E-state index in [1.807, 2.05) is 12.1 Å². The fourth-order valence-corrected chi connectivity index (χ4v) is 6.41. The van der Waals surface area contributed by atoms with E-state index < -0.39 is 24.2 Å². The Morgan fingerprint density at radius 3 is 2.52 bits per heavy atom.